The zero-order valence-corrected chi connectivity index (χ0v) is 10.3. The molecule has 2 fully saturated rings. The Morgan fingerprint density at radius 3 is 2.67 bits per heavy atom. The highest BCUT2D eigenvalue weighted by Gasteiger charge is 2.37. The third-order valence-electron chi connectivity index (χ3n) is 4.13. The van der Waals surface area contributed by atoms with Crippen molar-refractivity contribution in [3.05, 3.63) is 0 Å². The van der Waals surface area contributed by atoms with E-state index in [4.69, 9.17) is 0 Å². The molecule has 3 unspecified atom stereocenters. The van der Waals surface area contributed by atoms with Crippen LogP contribution in [0, 0.1) is 11.8 Å². The van der Waals surface area contributed by atoms with E-state index in [1.807, 2.05) is 0 Å². The largest absolute Gasteiger partial charge is 0.316 e. The van der Waals surface area contributed by atoms with Gasteiger partial charge in [0.05, 0.1) is 0 Å². The van der Waals surface area contributed by atoms with Gasteiger partial charge in [0.1, 0.15) is 0 Å². The number of nitrogens with zero attached hydrogens (tertiary/aromatic N) is 1. The Morgan fingerprint density at radius 1 is 1.27 bits per heavy atom. The van der Waals surface area contributed by atoms with Crippen molar-refractivity contribution in [1.82, 2.24) is 10.2 Å². The quantitative estimate of drug-likeness (QED) is 0.699. The second-order valence-electron chi connectivity index (χ2n) is 5.50. The molecule has 15 heavy (non-hydrogen) atoms. The van der Waals surface area contributed by atoms with E-state index in [0.717, 1.165) is 17.9 Å². The Hall–Kier alpha value is -0.0800. The van der Waals surface area contributed by atoms with Crippen LogP contribution in [0.15, 0.2) is 0 Å². The molecule has 1 saturated heterocycles. The summed E-state index contributed by atoms with van der Waals surface area (Å²) >= 11 is 0. The second kappa shape index (κ2) is 5.31. The first-order chi connectivity index (χ1) is 7.31. The van der Waals surface area contributed by atoms with Crippen molar-refractivity contribution in [1.29, 1.82) is 0 Å². The van der Waals surface area contributed by atoms with Gasteiger partial charge < -0.3 is 5.32 Å². The second-order valence-corrected chi connectivity index (χ2v) is 5.50. The Labute approximate surface area is 94.4 Å². The van der Waals surface area contributed by atoms with Crippen LogP contribution in [0.5, 0.6) is 0 Å². The van der Waals surface area contributed by atoms with E-state index in [1.54, 1.807) is 0 Å². The Morgan fingerprint density at radius 2 is 2.13 bits per heavy atom. The highest BCUT2D eigenvalue weighted by molar-refractivity contribution is 4.92. The van der Waals surface area contributed by atoms with Gasteiger partial charge in [0, 0.05) is 12.6 Å². The number of hydrogen-bond donors (Lipinski definition) is 1. The average Bonchev–Trinajstić information content (AvgIpc) is 2.57. The molecule has 1 saturated carbocycles. The monoisotopic (exact) mass is 210 g/mol. The summed E-state index contributed by atoms with van der Waals surface area (Å²) in [5.74, 6) is 1.89. The van der Waals surface area contributed by atoms with Gasteiger partial charge in [0.15, 0.2) is 0 Å². The lowest BCUT2D eigenvalue weighted by Crippen LogP contribution is -2.49. The molecular formula is C13H26N2. The highest BCUT2D eigenvalue weighted by Crippen LogP contribution is 2.34. The number of rotatable bonds is 5. The highest BCUT2D eigenvalue weighted by atomic mass is 15.2. The maximum Gasteiger partial charge on any atom is 0.0136 e. The van der Waals surface area contributed by atoms with Crippen LogP contribution in [-0.2, 0) is 0 Å². The molecule has 0 aromatic rings. The van der Waals surface area contributed by atoms with Gasteiger partial charge in [-0.2, -0.15) is 0 Å². The fraction of sp³-hybridized carbons (Fsp3) is 1.00. The van der Waals surface area contributed by atoms with Crippen molar-refractivity contribution in [2.45, 2.75) is 45.6 Å². The number of nitrogens with one attached hydrogen (secondary N) is 1. The topological polar surface area (TPSA) is 15.3 Å². The zero-order valence-electron chi connectivity index (χ0n) is 10.3. The number of hydrogen-bond acceptors (Lipinski definition) is 2. The zero-order chi connectivity index (χ0) is 10.7. The van der Waals surface area contributed by atoms with Gasteiger partial charge in [-0.1, -0.05) is 13.8 Å². The molecule has 0 amide bonds. The molecule has 2 rings (SSSR count). The molecule has 2 nitrogen and oxygen atoms in total. The van der Waals surface area contributed by atoms with E-state index in [-0.39, 0.29) is 0 Å². The van der Waals surface area contributed by atoms with E-state index < -0.39 is 0 Å². The molecule has 0 aromatic heterocycles. The maximum absolute atomic E-state index is 3.57. The van der Waals surface area contributed by atoms with E-state index in [9.17, 15) is 0 Å². The van der Waals surface area contributed by atoms with Crippen molar-refractivity contribution >= 4 is 0 Å². The molecule has 1 heterocycles. The maximum atomic E-state index is 3.57. The Bertz CT molecular complexity index is 193. The van der Waals surface area contributed by atoms with Gasteiger partial charge in [-0.15, -0.1) is 0 Å². The lowest BCUT2D eigenvalue weighted by molar-refractivity contribution is 0.0797. The molecule has 0 radical (unpaired) electrons. The van der Waals surface area contributed by atoms with E-state index >= 15 is 0 Å². The molecule has 1 N–H and O–H groups in total. The standard InChI is InChI=1S/C13H26N2/c1-3-7-14-9-12-4-5-13(12)15-8-6-11(2)10-15/h11-14H,3-10H2,1-2H3. The molecular weight excluding hydrogens is 184 g/mol. The summed E-state index contributed by atoms with van der Waals surface area (Å²) in [6.45, 7) is 9.80. The molecule has 3 atom stereocenters. The molecule has 0 spiro atoms. The Balaban J connectivity index is 1.69. The SMILES string of the molecule is CCCNCC1CCC1N1CCC(C)C1. The van der Waals surface area contributed by atoms with Crippen LogP contribution in [-0.4, -0.2) is 37.1 Å². The van der Waals surface area contributed by atoms with E-state index in [0.29, 0.717) is 0 Å². The van der Waals surface area contributed by atoms with Gasteiger partial charge in [0.25, 0.3) is 0 Å². The average molecular weight is 210 g/mol. The molecule has 1 aliphatic heterocycles. The smallest absolute Gasteiger partial charge is 0.0136 e. The van der Waals surface area contributed by atoms with Crippen molar-refractivity contribution in [2.75, 3.05) is 26.2 Å². The van der Waals surface area contributed by atoms with E-state index in [1.165, 1.54) is 51.9 Å². The summed E-state index contributed by atoms with van der Waals surface area (Å²) in [6.07, 6.45) is 5.58. The van der Waals surface area contributed by atoms with Crippen molar-refractivity contribution in [3.8, 4) is 0 Å². The first-order valence-electron chi connectivity index (χ1n) is 6.76. The normalized spacial score (nSPS) is 36.8. The first-order valence-corrected chi connectivity index (χ1v) is 6.76. The van der Waals surface area contributed by atoms with Gasteiger partial charge in [0.2, 0.25) is 0 Å². The van der Waals surface area contributed by atoms with Gasteiger partial charge in [-0.05, 0) is 57.2 Å². The van der Waals surface area contributed by atoms with Crippen molar-refractivity contribution in [3.63, 3.8) is 0 Å². The van der Waals surface area contributed by atoms with Crippen LogP contribution in [0.3, 0.4) is 0 Å². The summed E-state index contributed by atoms with van der Waals surface area (Å²) in [7, 11) is 0. The van der Waals surface area contributed by atoms with Crippen LogP contribution in [0.4, 0.5) is 0 Å². The summed E-state index contributed by atoms with van der Waals surface area (Å²) < 4.78 is 0. The van der Waals surface area contributed by atoms with Crippen LogP contribution in [0.25, 0.3) is 0 Å². The number of likely N-dealkylation sites (tertiary alicyclic amines) is 1. The molecule has 2 heteroatoms. The van der Waals surface area contributed by atoms with Crippen molar-refractivity contribution in [2.24, 2.45) is 11.8 Å². The molecule has 0 bridgehead atoms. The third-order valence-corrected chi connectivity index (χ3v) is 4.13. The minimum atomic E-state index is 0.916. The summed E-state index contributed by atoms with van der Waals surface area (Å²) in [6, 6.07) is 0.916. The predicted octanol–water partition coefficient (Wildman–Crippen LogP) is 2.11. The van der Waals surface area contributed by atoms with Gasteiger partial charge >= 0.3 is 0 Å². The predicted molar refractivity (Wildman–Crippen MR) is 65.0 cm³/mol. The lowest BCUT2D eigenvalue weighted by Gasteiger charge is -2.43. The van der Waals surface area contributed by atoms with Gasteiger partial charge in [-0.3, -0.25) is 4.90 Å². The van der Waals surface area contributed by atoms with Crippen LogP contribution >= 0.6 is 0 Å². The first kappa shape index (κ1) is 11.4. The fourth-order valence-corrected chi connectivity index (χ4v) is 3.00. The van der Waals surface area contributed by atoms with Crippen LogP contribution in [0.1, 0.15) is 39.5 Å². The summed E-state index contributed by atoms with van der Waals surface area (Å²) in [5.41, 5.74) is 0. The van der Waals surface area contributed by atoms with Crippen molar-refractivity contribution < 1.29 is 0 Å². The van der Waals surface area contributed by atoms with E-state index in [2.05, 4.69) is 24.1 Å². The van der Waals surface area contributed by atoms with Crippen LogP contribution in [0.2, 0.25) is 0 Å². The molecule has 0 aromatic carbocycles. The minimum absolute atomic E-state index is 0.916. The molecule has 1 aliphatic carbocycles. The van der Waals surface area contributed by atoms with Gasteiger partial charge in [-0.25, -0.2) is 0 Å². The Kier molecular flexibility index (Phi) is 4.04. The molecule has 2 aliphatic rings. The fourth-order valence-electron chi connectivity index (χ4n) is 3.00. The summed E-state index contributed by atoms with van der Waals surface area (Å²) in [4.78, 5) is 2.74. The minimum Gasteiger partial charge on any atom is -0.316 e. The van der Waals surface area contributed by atoms with Crippen LogP contribution < -0.4 is 5.32 Å². The third kappa shape index (κ3) is 2.73. The summed E-state index contributed by atoms with van der Waals surface area (Å²) in [5, 5.41) is 3.57. The molecule has 88 valence electrons. The lowest BCUT2D eigenvalue weighted by atomic mass is 9.78.